The first-order chi connectivity index (χ1) is 9.49. The van der Waals surface area contributed by atoms with Gasteiger partial charge in [0.2, 0.25) is 0 Å². The Morgan fingerprint density at radius 3 is 1.95 bits per heavy atom. The summed E-state index contributed by atoms with van der Waals surface area (Å²) in [5.74, 6) is -0.550. The third-order valence-corrected chi connectivity index (χ3v) is 4.44. The van der Waals surface area contributed by atoms with Gasteiger partial charge < -0.3 is 13.8 Å². The Labute approximate surface area is 122 Å². The van der Waals surface area contributed by atoms with Gasteiger partial charge in [-0.25, -0.2) is 4.79 Å². The Hall–Kier alpha value is -0.640. The van der Waals surface area contributed by atoms with E-state index in [1.54, 1.807) is 6.92 Å². The van der Waals surface area contributed by atoms with E-state index >= 15 is 0 Å². The van der Waals surface area contributed by atoms with Crippen LogP contribution in [-0.4, -0.2) is 32.0 Å². The molecule has 0 aliphatic rings. The van der Waals surface area contributed by atoms with Crippen molar-refractivity contribution in [3.63, 3.8) is 0 Å². The Balaban J connectivity index is 4.53. The van der Waals surface area contributed by atoms with Crippen molar-refractivity contribution in [2.24, 2.45) is 0 Å². The fraction of sp³-hybridized carbons (Fsp3) is 0.786. The Morgan fingerprint density at radius 1 is 1.05 bits per heavy atom. The van der Waals surface area contributed by atoms with Crippen LogP contribution >= 0.6 is 7.60 Å². The molecule has 0 saturated heterocycles. The summed E-state index contributed by atoms with van der Waals surface area (Å²) in [6.07, 6.45) is 3.36. The van der Waals surface area contributed by atoms with E-state index in [1.165, 1.54) is 0 Å². The SMILES string of the molecule is C=C(CP(=O)(OCCCC)OCCCC)C(=O)OCC. The second kappa shape index (κ2) is 11.1. The minimum absolute atomic E-state index is 0.112. The summed E-state index contributed by atoms with van der Waals surface area (Å²) in [5.41, 5.74) is 0.128. The van der Waals surface area contributed by atoms with Crippen molar-refractivity contribution in [3.8, 4) is 0 Å². The molecule has 0 aliphatic heterocycles. The summed E-state index contributed by atoms with van der Waals surface area (Å²) < 4.78 is 28.2. The van der Waals surface area contributed by atoms with E-state index in [-0.39, 0.29) is 18.3 Å². The molecule has 0 fully saturated rings. The first kappa shape index (κ1) is 19.4. The van der Waals surface area contributed by atoms with Gasteiger partial charge in [0.25, 0.3) is 0 Å². The fourth-order valence-electron chi connectivity index (χ4n) is 1.36. The number of hydrogen-bond acceptors (Lipinski definition) is 5. The lowest BCUT2D eigenvalue weighted by atomic mass is 10.4. The molecule has 0 aliphatic carbocycles. The number of unbranched alkanes of at least 4 members (excludes halogenated alkanes) is 2. The zero-order valence-corrected chi connectivity index (χ0v) is 13.7. The van der Waals surface area contributed by atoms with E-state index in [0.29, 0.717) is 13.2 Å². The van der Waals surface area contributed by atoms with Crippen LogP contribution in [0.5, 0.6) is 0 Å². The van der Waals surface area contributed by atoms with Crippen molar-refractivity contribution >= 4 is 13.6 Å². The molecule has 20 heavy (non-hydrogen) atoms. The lowest BCUT2D eigenvalue weighted by Gasteiger charge is -2.19. The lowest BCUT2D eigenvalue weighted by Crippen LogP contribution is -2.12. The number of ether oxygens (including phenoxy) is 1. The maximum atomic E-state index is 12.6. The molecule has 0 amide bonds. The molecule has 118 valence electrons. The van der Waals surface area contributed by atoms with Gasteiger partial charge in [0.05, 0.1) is 26.0 Å². The zero-order chi connectivity index (χ0) is 15.4. The summed E-state index contributed by atoms with van der Waals surface area (Å²) in [4.78, 5) is 11.5. The van der Waals surface area contributed by atoms with Gasteiger partial charge in [-0.15, -0.1) is 0 Å². The maximum absolute atomic E-state index is 12.6. The van der Waals surface area contributed by atoms with Gasteiger partial charge >= 0.3 is 13.6 Å². The first-order valence-electron chi connectivity index (χ1n) is 7.22. The van der Waals surface area contributed by atoms with Crippen LogP contribution in [-0.2, 0) is 23.1 Å². The summed E-state index contributed by atoms with van der Waals surface area (Å²) in [6, 6.07) is 0. The molecule has 0 radical (unpaired) electrons. The molecule has 0 atom stereocenters. The van der Waals surface area contributed by atoms with Crippen LogP contribution in [0.15, 0.2) is 12.2 Å². The van der Waals surface area contributed by atoms with Crippen molar-refractivity contribution in [1.82, 2.24) is 0 Å². The smallest absolute Gasteiger partial charge is 0.335 e. The minimum Gasteiger partial charge on any atom is -0.463 e. The first-order valence-corrected chi connectivity index (χ1v) is 8.94. The van der Waals surface area contributed by atoms with Gasteiger partial charge in [-0.3, -0.25) is 4.57 Å². The average molecular weight is 306 g/mol. The molecule has 0 unspecified atom stereocenters. The minimum atomic E-state index is -3.31. The molecular formula is C14H27O5P. The van der Waals surface area contributed by atoms with Gasteiger partial charge in [0.1, 0.15) is 0 Å². The second-order valence-corrected chi connectivity index (χ2v) is 6.52. The fourth-order valence-corrected chi connectivity index (χ4v) is 3.02. The topological polar surface area (TPSA) is 61.8 Å². The molecule has 0 N–H and O–H groups in total. The van der Waals surface area contributed by atoms with Crippen molar-refractivity contribution in [2.45, 2.75) is 46.5 Å². The molecule has 0 saturated carbocycles. The van der Waals surface area contributed by atoms with Crippen molar-refractivity contribution in [3.05, 3.63) is 12.2 Å². The molecule has 0 bridgehead atoms. The number of rotatable bonds is 12. The van der Waals surface area contributed by atoms with E-state index < -0.39 is 13.6 Å². The molecule has 0 spiro atoms. The van der Waals surface area contributed by atoms with Crippen LogP contribution in [0.25, 0.3) is 0 Å². The van der Waals surface area contributed by atoms with E-state index in [0.717, 1.165) is 25.7 Å². The van der Waals surface area contributed by atoms with Crippen molar-refractivity contribution in [1.29, 1.82) is 0 Å². The highest BCUT2D eigenvalue weighted by molar-refractivity contribution is 7.54. The molecule has 6 heteroatoms. The highest BCUT2D eigenvalue weighted by Gasteiger charge is 2.28. The van der Waals surface area contributed by atoms with Gasteiger partial charge in [-0.1, -0.05) is 33.3 Å². The van der Waals surface area contributed by atoms with Crippen molar-refractivity contribution < 1.29 is 23.1 Å². The summed E-state index contributed by atoms with van der Waals surface area (Å²) >= 11 is 0. The zero-order valence-electron chi connectivity index (χ0n) is 12.9. The molecule has 0 aromatic rings. The molecule has 0 aromatic heterocycles. The van der Waals surface area contributed by atoms with E-state index in [9.17, 15) is 9.36 Å². The monoisotopic (exact) mass is 306 g/mol. The lowest BCUT2D eigenvalue weighted by molar-refractivity contribution is -0.138. The van der Waals surface area contributed by atoms with Crippen LogP contribution in [0, 0.1) is 0 Å². The third-order valence-electron chi connectivity index (χ3n) is 2.52. The summed E-state index contributed by atoms with van der Waals surface area (Å²) in [5, 5.41) is 0. The Bertz CT molecular complexity index is 326. The van der Waals surface area contributed by atoms with Crippen LogP contribution in [0.3, 0.4) is 0 Å². The van der Waals surface area contributed by atoms with Crippen LogP contribution < -0.4 is 0 Å². The second-order valence-electron chi connectivity index (χ2n) is 4.47. The van der Waals surface area contributed by atoms with Crippen LogP contribution in [0.4, 0.5) is 0 Å². The van der Waals surface area contributed by atoms with Gasteiger partial charge in [0.15, 0.2) is 0 Å². The summed E-state index contributed by atoms with van der Waals surface area (Å²) in [7, 11) is -3.31. The van der Waals surface area contributed by atoms with E-state index in [1.807, 2.05) is 13.8 Å². The van der Waals surface area contributed by atoms with Crippen LogP contribution in [0.1, 0.15) is 46.5 Å². The largest absolute Gasteiger partial charge is 0.463 e. The standard InChI is InChI=1S/C14H27O5P/c1-5-8-10-18-20(16,19-11-9-6-2)12-13(4)14(15)17-7-3/h4-12H2,1-3H3. The van der Waals surface area contributed by atoms with E-state index in [4.69, 9.17) is 13.8 Å². The number of hydrogen-bond donors (Lipinski definition) is 0. The highest BCUT2D eigenvalue weighted by Crippen LogP contribution is 2.49. The van der Waals surface area contributed by atoms with Crippen LogP contribution in [0.2, 0.25) is 0 Å². The predicted molar refractivity (Wildman–Crippen MR) is 80.0 cm³/mol. The molecular weight excluding hydrogens is 279 g/mol. The number of carbonyl (C=O) groups excluding carboxylic acids is 1. The van der Waals surface area contributed by atoms with Gasteiger partial charge in [0, 0.05) is 5.57 Å². The van der Waals surface area contributed by atoms with E-state index in [2.05, 4.69) is 6.58 Å². The third kappa shape index (κ3) is 8.51. The maximum Gasteiger partial charge on any atom is 0.335 e. The average Bonchev–Trinajstić information content (AvgIpc) is 2.39. The Kier molecular flexibility index (Phi) is 10.7. The normalized spacial score (nSPS) is 11.3. The molecule has 0 heterocycles. The summed E-state index contributed by atoms with van der Waals surface area (Å²) in [6.45, 7) is 10.3. The Morgan fingerprint density at radius 2 is 1.55 bits per heavy atom. The van der Waals surface area contributed by atoms with Gasteiger partial charge in [-0.2, -0.15) is 0 Å². The molecule has 0 aromatic carbocycles. The number of esters is 1. The quantitative estimate of drug-likeness (QED) is 0.236. The molecule has 5 nitrogen and oxygen atoms in total. The number of carbonyl (C=O) groups is 1. The van der Waals surface area contributed by atoms with Crippen molar-refractivity contribution in [2.75, 3.05) is 26.0 Å². The predicted octanol–water partition coefficient (Wildman–Crippen LogP) is 3.93. The molecule has 0 rings (SSSR count). The van der Waals surface area contributed by atoms with Gasteiger partial charge in [-0.05, 0) is 19.8 Å². The highest BCUT2D eigenvalue weighted by atomic mass is 31.2.